The maximum absolute atomic E-state index is 9.01. The molecule has 0 fully saturated rings. The van der Waals surface area contributed by atoms with Crippen molar-refractivity contribution in [2.75, 3.05) is 6.61 Å². The molecule has 1 atom stereocenters. The van der Waals surface area contributed by atoms with E-state index in [-0.39, 0.29) is 12.5 Å². The number of rotatable bonds is 7. The van der Waals surface area contributed by atoms with E-state index in [1.807, 2.05) is 0 Å². The predicted molar refractivity (Wildman–Crippen MR) is 64.2 cm³/mol. The Morgan fingerprint density at radius 3 is 2.07 bits per heavy atom. The van der Waals surface area contributed by atoms with Crippen LogP contribution < -0.4 is 0 Å². The summed E-state index contributed by atoms with van der Waals surface area (Å²) in [6.07, 6.45) is 6.70. The molecule has 0 aromatic carbocycles. The molecule has 0 saturated carbocycles. The summed E-state index contributed by atoms with van der Waals surface area (Å²) in [6.45, 7) is 2.13. The minimum atomic E-state index is -1.32. The summed E-state index contributed by atoms with van der Waals surface area (Å²) in [4.78, 5) is 0. The molecular formula is C10H19Cl3O. The number of alkyl halides is 3. The van der Waals surface area contributed by atoms with E-state index >= 15 is 0 Å². The van der Waals surface area contributed by atoms with E-state index < -0.39 is 3.79 Å². The average molecular weight is 262 g/mol. The van der Waals surface area contributed by atoms with Gasteiger partial charge in [-0.25, -0.2) is 0 Å². The molecule has 0 radical (unpaired) electrons. The van der Waals surface area contributed by atoms with Gasteiger partial charge >= 0.3 is 0 Å². The van der Waals surface area contributed by atoms with Crippen LogP contribution in [0.1, 0.15) is 45.4 Å². The molecule has 14 heavy (non-hydrogen) atoms. The van der Waals surface area contributed by atoms with Crippen molar-refractivity contribution in [1.29, 1.82) is 0 Å². The van der Waals surface area contributed by atoms with Gasteiger partial charge in [-0.15, -0.1) is 0 Å². The Bertz CT molecular complexity index is 134. The first kappa shape index (κ1) is 14.8. The van der Waals surface area contributed by atoms with Crippen LogP contribution in [0, 0.1) is 5.92 Å². The van der Waals surface area contributed by atoms with E-state index in [0.717, 1.165) is 19.3 Å². The Hall–Kier alpha value is 0.830. The van der Waals surface area contributed by atoms with Crippen LogP contribution in [0.4, 0.5) is 0 Å². The van der Waals surface area contributed by atoms with Crippen molar-refractivity contribution >= 4 is 34.8 Å². The monoisotopic (exact) mass is 260 g/mol. The molecule has 1 nitrogen and oxygen atoms in total. The minimum absolute atomic E-state index is 0.0513. The van der Waals surface area contributed by atoms with E-state index in [4.69, 9.17) is 39.9 Å². The molecule has 86 valence electrons. The molecule has 0 aliphatic rings. The molecule has 1 unspecified atom stereocenters. The van der Waals surface area contributed by atoms with Crippen LogP contribution in [0.5, 0.6) is 0 Å². The molecule has 1 N–H and O–H groups in total. The molecular weight excluding hydrogens is 242 g/mol. The van der Waals surface area contributed by atoms with Crippen molar-refractivity contribution in [3.8, 4) is 0 Å². The van der Waals surface area contributed by atoms with Crippen molar-refractivity contribution in [3.63, 3.8) is 0 Å². The lowest BCUT2D eigenvalue weighted by Gasteiger charge is -2.21. The lowest BCUT2D eigenvalue weighted by atomic mass is 10.0. The van der Waals surface area contributed by atoms with Crippen LogP contribution in [-0.2, 0) is 0 Å². The van der Waals surface area contributed by atoms with Gasteiger partial charge in [0.1, 0.15) is 0 Å². The first-order valence-electron chi connectivity index (χ1n) is 5.20. The third-order valence-corrected chi connectivity index (χ3v) is 3.27. The third-order valence-electron chi connectivity index (χ3n) is 2.34. The maximum Gasteiger partial charge on any atom is 0.195 e. The van der Waals surface area contributed by atoms with Crippen LogP contribution in [0.3, 0.4) is 0 Å². The van der Waals surface area contributed by atoms with E-state index in [1.54, 1.807) is 0 Å². The van der Waals surface area contributed by atoms with Crippen molar-refractivity contribution in [1.82, 2.24) is 0 Å². The Morgan fingerprint density at radius 2 is 1.64 bits per heavy atom. The Balaban J connectivity index is 3.54. The zero-order chi connectivity index (χ0) is 11.0. The van der Waals surface area contributed by atoms with Gasteiger partial charge in [0, 0.05) is 12.5 Å². The second-order valence-electron chi connectivity index (χ2n) is 3.62. The molecule has 4 heteroatoms. The Kier molecular flexibility index (Phi) is 8.51. The SMILES string of the molecule is CCCCCCCC(CO)C(Cl)(Cl)Cl. The summed E-state index contributed by atoms with van der Waals surface area (Å²) in [5, 5.41) is 9.01. The summed E-state index contributed by atoms with van der Waals surface area (Å²) in [7, 11) is 0. The highest BCUT2D eigenvalue weighted by Gasteiger charge is 2.31. The predicted octanol–water partition coefficient (Wildman–Crippen LogP) is 4.33. The van der Waals surface area contributed by atoms with Gasteiger partial charge in [-0.1, -0.05) is 73.8 Å². The Morgan fingerprint density at radius 1 is 1.07 bits per heavy atom. The van der Waals surface area contributed by atoms with E-state index in [9.17, 15) is 0 Å². The minimum Gasteiger partial charge on any atom is -0.396 e. The third kappa shape index (κ3) is 7.17. The quantitative estimate of drug-likeness (QED) is 0.534. The van der Waals surface area contributed by atoms with Crippen molar-refractivity contribution in [2.24, 2.45) is 5.92 Å². The van der Waals surface area contributed by atoms with E-state index in [1.165, 1.54) is 19.3 Å². The molecule has 0 bridgehead atoms. The van der Waals surface area contributed by atoms with Gasteiger partial charge < -0.3 is 5.11 Å². The van der Waals surface area contributed by atoms with Crippen molar-refractivity contribution < 1.29 is 5.11 Å². The number of halogens is 3. The van der Waals surface area contributed by atoms with Gasteiger partial charge in [-0.3, -0.25) is 0 Å². The molecule has 0 saturated heterocycles. The molecule has 0 aromatic rings. The van der Waals surface area contributed by atoms with Crippen LogP contribution >= 0.6 is 34.8 Å². The molecule has 0 aliphatic carbocycles. The number of hydrogen-bond donors (Lipinski definition) is 1. The summed E-state index contributed by atoms with van der Waals surface area (Å²) >= 11 is 17.1. The fourth-order valence-corrected chi connectivity index (χ4v) is 1.89. The molecule has 0 spiro atoms. The standard InChI is InChI=1S/C10H19Cl3O/c1-2-3-4-5-6-7-9(8-14)10(11,12)13/h9,14H,2-8H2,1H3. The van der Waals surface area contributed by atoms with Gasteiger partial charge in [-0.05, 0) is 6.42 Å². The van der Waals surface area contributed by atoms with Gasteiger partial charge in [0.05, 0.1) is 0 Å². The van der Waals surface area contributed by atoms with Gasteiger partial charge in [-0.2, -0.15) is 0 Å². The van der Waals surface area contributed by atoms with Crippen molar-refractivity contribution in [2.45, 2.75) is 49.2 Å². The van der Waals surface area contributed by atoms with Gasteiger partial charge in [0.15, 0.2) is 3.79 Å². The van der Waals surface area contributed by atoms with Crippen LogP contribution in [0.25, 0.3) is 0 Å². The van der Waals surface area contributed by atoms with E-state index in [0.29, 0.717) is 0 Å². The van der Waals surface area contributed by atoms with Crippen molar-refractivity contribution in [3.05, 3.63) is 0 Å². The summed E-state index contributed by atoms with van der Waals surface area (Å²) in [5.74, 6) is -0.228. The van der Waals surface area contributed by atoms with Crippen LogP contribution in [-0.4, -0.2) is 15.5 Å². The summed E-state index contributed by atoms with van der Waals surface area (Å²) < 4.78 is -1.32. The van der Waals surface area contributed by atoms with Crippen LogP contribution in [0.2, 0.25) is 0 Å². The first-order valence-corrected chi connectivity index (χ1v) is 6.33. The Labute approximate surface area is 102 Å². The summed E-state index contributed by atoms with van der Waals surface area (Å²) in [6, 6.07) is 0. The highest BCUT2D eigenvalue weighted by molar-refractivity contribution is 6.67. The molecule has 0 aromatic heterocycles. The second kappa shape index (κ2) is 8.04. The number of unbranched alkanes of at least 4 members (excludes halogenated alkanes) is 4. The molecule has 0 aliphatic heterocycles. The zero-order valence-electron chi connectivity index (χ0n) is 8.61. The lowest BCUT2D eigenvalue weighted by molar-refractivity contribution is 0.217. The van der Waals surface area contributed by atoms with Gasteiger partial charge in [0.25, 0.3) is 0 Å². The fourth-order valence-electron chi connectivity index (χ4n) is 1.35. The first-order chi connectivity index (χ1) is 6.52. The normalized spacial score (nSPS) is 14.4. The lowest BCUT2D eigenvalue weighted by Crippen LogP contribution is -2.22. The topological polar surface area (TPSA) is 20.2 Å². The highest BCUT2D eigenvalue weighted by Crippen LogP contribution is 2.37. The maximum atomic E-state index is 9.01. The second-order valence-corrected chi connectivity index (χ2v) is 5.99. The fraction of sp³-hybridized carbons (Fsp3) is 1.00. The number of aliphatic hydroxyl groups is 1. The molecule has 0 heterocycles. The van der Waals surface area contributed by atoms with Gasteiger partial charge in [0.2, 0.25) is 0 Å². The zero-order valence-corrected chi connectivity index (χ0v) is 10.9. The smallest absolute Gasteiger partial charge is 0.195 e. The molecule has 0 rings (SSSR count). The summed E-state index contributed by atoms with van der Waals surface area (Å²) in [5.41, 5.74) is 0. The largest absolute Gasteiger partial charge is 0.396 e. The highest BCUT2D eigenvalue weighted by atomic mass is 35.6. The average Bonchev–Trinajstić information content (AvgIpc) is 2.09. The number of aliphatic hydroxyl groups excluding tert-OH is 1. The van der Waals surface area contributed by atoms with E-state index in [2.05, 4.69) is 6.92 Å². The number of hydrogen-bond acceptors (Lipinski definition) is 1. The molecule has 0 amide bonds. The van der Waals surface area contributed by atoms with Crippen LogP contribution in [0.15, 0.2) is 0 Å².